The first-order valence-corrected chi connectivity index (χ1v) is 7.43. The lowest BCUT2D eigenvalue weighted by Crippen LogP contribution is -2.38. The SMILES string of the molecule is CC(C)C[C@H](N)C(=O)O[C@H]1CC[C@H](NI)CC1. The van der Waals surface area contributed by atoms with Crippen LogP contribution in [0.1, 0.15) is 46.0 Å². The number of carbonyl (C=O) groups excluding carboxylic acids is 1. The Kier molecular flexibility index (Phi) is 6.72. The molecule has 1 rings (SSSR count). The van der Waals surface area contributed by atoms with Crippen molar-refractivity contribution in [1.29, 1.82) is 0 Å². The maximum atomic E-state index is 11.7. The molecular formula is C12H23IN2O2. The van der Waals surface area contributed by atoms with Gasteiger partial charge < -0.3 is 10.5 Å². The zero-order valence-electron chi connectivity index (χ0n) is 10.6. The molecule has 0 amide bonds. The van der Waals surface area contributed by atoms with Crippen molar-refractivity contribution in [3.8, 4) is 0 Å². The van der Waals surface area contributed by atoms with Crippen LogP contribution in [0.5, 0.6) is 0 Å². The minimum absolute atomic E-state index is 0.0710. The lowest BCUT2D eigenvalue weighted by atomic mass is 9.93. The minimum Gasteiger partial charge on any atom is -0.461 e. The van der Waals surface area contributed by atoms with Crippen LogP contribution in [-0.2, 0) is 9.53 Å². The molecule has 1 fully saturated rings. The largest absolute Gasteiger partial charge is 0.461 e. The first-order valence-electron chi connectivity index (χ1n) is 6.35. The lowest BCUT2D eigenvalue weighted by Gasteiger charge is -2.28. The Balaban J connectivity index is 2.27. The summed E-state index contributed by atoms with van der Waals surface area (Å²) in [6.45, 7) is 4.12. The average Bonchev–Trinajstić information content (AvgIpc) is 2.29. The Morgan fingerprint density at radius 1 is 1.41 bits per heavy atom. The third kappa shape index (κ3) is 5.52. The number of esters is 1. The van der Waals surface area contributed by atoms with Crippen molar-refractivity contribution in [3.63, 3.8) is 0 Å². The van der Waals surface area contributed by atoms with Gasteiger partial charge in [0.05, 0.1) is 0 Å². The van der Waals surface area contributed by atoms with Crippen molar-refractivity contribution < 1.29 is 9.53 Å². The summed E-state index contributed by atoms with van der Waals surface area (Å²) < 4.78 is 8.68. The number of carbonyl (C=O) groups is 1. The summed E-state index contributed by atoms with van der Waals surface area (Å²) in [5, 5.41) is 0. The van der Waals surface area contributed by atoms with Crippen LogP contribution in [0.3, 0.4) is 0 Å². The summed E-state index contributed by atoms with van der Waals surface area (Å²) in [6.07, 6.45) is 4.80. The fourth-order valence-electron chi connectivity index (χ4n) is 2.15. The lowest BCUT2D eigenvalue weighted by molar-refractivity contribution is -0.152. The zero-order valence-corrected chi connectivity index (χ0v) is 12.8. The van der Waals surface area contributed by atoms with Gasteiger partial charge in [0.15, 0.2) is 0 Å². The Labute approximate surface area is 118 Å². The van der Waals surface area contributed by atoms with Crippen molar-refractivity contribution in [3.05, 3.63) is 0 Å². The molecule has 0 heterocycles. The quantitative estimate of drug-likeness (QED) is 0.451. The molecule has 0 unspecified atom stereocenters. The predicted octanol–water partition coefficient (Wildman–Crippen LogP) is 2.15. The Bertz CT molecular complexity index is 241. The highest BCUT2D eigenvalue weighted by Gasteiger charge is 2.25. The molecule has 0 aliphatic heterocycles. The van der Waals surface area contributed by atoms with Gasteiger partial charge in [-0.1, -0.05) is 13.8 Å². The second-order valence-electron chi connectivity index (χ2n) is 5.26. The van der Waals surface area contributed by atoms with Crippen LogP contribution in [0.4, 0.5) is 0 Å². The molecule has 100 valence electrons. The Morgan fingerprint density at radius 3 is 2.47 bits per heavy atom. The smallest absolute Gasteiger partial charge is 0.323 e. The van der Waals surface area contributed by atoms with Gasteiger partial charge in [0.2, 0.25) is 0 Å². The van der Waals surface area contributed by atoms with E-state index in [0.29, 0.717) is 18.4 Å². The second kappa shape index (κ2) is 7.53. The summed E-state index contributed by atoms with van der Waals surface area (Å²) in [4.78, 5) is 11.7. The van der Waals surface area contributed by atoms with E-state index in [-0.39, 0.29) is 12.1 Å². The molecule has 0 aromatic carbocycles. The van der Waals surface area contributed by atoms with Crippen LogP contribution in [0.2, 0.25) is 0 Å². The van der Waals surface area contributed by atoms with E-state index in [4.69, 9.17) is 10.5 Å². The summed E-state index contributed by atoms with van der Waals surface area (Å²) in [5.41, 5.74) is 5.80. The number of nitrogens with two attached hydrogens (primary N) is 1. The van der Waals surface area contributed by atoms with Gasteiger partial charge >= 0.3 is 5.97 Å². The third-order valence-electron chi connectivity index (χ3n) is 3.14. The van der Waals surface area contributed by atoms with E-state index in [1.165, 1.54) is 0 Å². The summed E-state index contributed by atoms with van der Waals surface area (Å²) in [7, 11) is 0. The predicted molar refractivity (Wildman–Crippen MR) is 76.7 cm³/mol. The molecule has 1 atom stereocenters. The molecule has 1 aliphatic rings. The highest BCUT2D eigenvalue weighted by atomic mass is 127. The van der Waals surface area contributed by atoms with Gasteiger partial charge in [0.25, 0.3) is 0 Å². The standard InChI is InChI=1S/C12H23IN2O2/c1-8(2)7-11(14)12(16)17-10-5-3-9(15-13)4-6-10/h8-11,15H,3-7,14H2,1-2H3/t9-,10-,11-/m0/s1. The van der Waals surface area contributed by atoms with Crippen LogP contribution < -0.4 is 9.26 Å². The van der Waals surface area contributed by atoms with Gasteiger partial charge in [-0.25, -0.2) is 0 Å². The number of halogens is 1. The molecule has 5 heteroatoms. The maximum absolute atomic E-state index is 11.7. The van der Waals surface area contributed by atoms with E-state index < -0.39 is 6.04 Å². The number of nitrogens with one attached hydrogen (secondary N) is 1. The first kappa shape index (κ1) is 15.2. The third-order valence-corrected chi connectivity index (χ3v) is 4.02. The molecule has 0 aromatic rings. The maximum Gasteiger partial charge on any atom is 0.323 e. The van der Waals surface area contributed by atoms with Gasteiger partial charge in [-0.3, -0.25) is 8.32 Å². The average molecular weight is 354 g/mol. The van der Waals surface area contributed by atoms with E-state index >= 15 is 0 Å². The summed E-state index contributed by atoms with van der Waals surface area (Å²) in [6, 6.07) is 0.102. The molecule has 0 spiro atoms. The van der Waals surface area contributed by atoms with E-state index in [9.17, 15) is 4.79 Å². The van der Waals surface area contributed by atoms with Crippen LogP contribution in [0.15, 0.2) is 0 Å². The van der Waals surface area contributed by atoms with Gasteiger partial charge in [-0.2, -0.15) is 0 Å². The first-order chi connectivity index (χ1) is 8.02. The van der Waals surface area contributed by atoms with Crippen molar-refractivity contribution in [2.45, 2.75) is 64.1 Å². The molecule has 0 bridgehead atoms. The number of ether oxygens (including phenoxy) is 1. The Hall–Kier alpha value is 0.120. The van der Waals surface area contributed by atoms with Gasteiger partial charge in [0.1, 0.15) is 12.1 Å². The highest BCUT2D eigenvalue weighted by Crippen LogP contribution is 2.22. The van der Waals surface area contributed by atoms with Gasteiger partial charge in [0, 0.05) is 28.9 Å². The number of hydrogen-bond acceptors (Lipinski definition) is 4. The minimum atomic E-state index is -0.463. The molecule has 1 aliphatic carbocycles. The molecule has 0 saturated heterocycles. The van der Waals surface area contributed by atoms with E-state index in [2.05, 4.69) is 40.2 Å². The van der Waals surface area contributed by atoms with E-state index in [1.807, 2.05) is 0 Å². The molecule has 0 aromatic heterocycles. The van der Waals surface area contributed by atoms with Crippen LogP contribution in [0.25, 0.3) is 0 Å². The molecule has 1 saturated carbocycles. The molecule has 0 radical (unpaired) electrons. The van der Waals surface area contributed by atoms with Crippen LogP contribution >= 0.6 is 22.9 Å². The monoisotopic (exact) mass is 354 g/mol. The van der Waals surface area contributed by atoms with E-state index in [1.54, 1.807) is 0 Å². The van der Waals surface area contributed by atoms with Gasteiger partial charge in [-0.05, 0) is 38.0 Å². The Morgan fingerprint density at radius 2 is 2.00 bits per heavy atom. The number of rotatable bonds is 5. The second-order valence-corrected chi connectivity index (χ2v) is 5.88. The van der Waals surface area contributed by atoms with Crippen molar-refractivity contribution in [2.75, 3.05) is 0 Å². The summed E-state index contributed by atoms with van der Waals surface area (Å²) in [5.74, 6) is 0.195. The fraction of sp³-hybridized carbons (Fsp3) is 0.917. The summed E-state index contributed by atoms with van der Waals surface area (Å²) >= 11 is 2.19. The normalized spacial score (nSPS) is 26.9. The number of hydrogen-bond donors (Lipinski definition) is 2. The van der Waals surface area contributed by atoms with Crippen molar-refractivity contribution in [2.24, 2.45) is 11.7 Å². The van der Waals surface area contributed by atoms with Crippen molar-refractivity contribution in [1.82, 2.24) is 3.53 Å². The van der Waals surface area contributed by atoms with Gasteiger partial charge in [-0.15, -0.1) is 0 Å². The fourth-order valence-corrected chi connectivity index (χ4v) is 2.77. The molecule has 4 nitrogen and oxygen atoms in total. The van der Waals surface area contributed by atoms with Crippen molar-refractivity contribution >= 4 is 28.8 Å². The topological polar surface area (TPSA) is 64.4 Å². The van der Waals surface area contributed by atoms with E-state index in [0.717, 1.165) is 25.7 Å². The zero-order chi connectivity index (χ0) is 12.8. The molecule has 3 N–H and O–H groups in total. The molecule has 17 heavy (non-hydrogen) atoms. The molecular weight excluding hydrogens is 331 g/mol. The highest BCUT2D eigenvalue weighted by molar-refractivity contribution is 14.1. The van der Waals surface area contributed by atoms with Crippen LogP contribution in [0, 0.1) is 5.92 Å². The van der Waals surface area contributed by atoms with Crippen LogP contribution in [-0.4, -0.2) is 24.2 Å².